The minimum absolute atomic E-state index is 0.0978. The number of esters is 3. The van der Waals surface area contributed by atoms with Crippen LogP contribution in [0, 0.1) is 0 Å². The zero-order chi connectivity index (χ0) is 50.7. The molecule has 0 spiro atoms. The van der Waals surface area contributed by atoms with Crippen LogP contribution >= 0.6 is 0 Å². The Labute approximate surface area is 434 Å². The Bertz CT molecular complexity index is 1260. The van der Waals surface area contributed by atoms with Gasteiger partial charge in [0, 0.05) is 19.3 Å². The van der Waals surface area contributed by atoms with Crippen molar-refractivity contribution in [3.05, 3.63) is 60.8 Å². The van der Waals surface area contributed by atoms with Crippen molar-refractivity contribution in [2.24, 2.45) is 0 Å². The summed E-state index contributed by atoms with van der Waals surface area (Å²) >= 11 is 0. The average molecular weight is 980 g/mol. The number of carbonyl (C=O) groups excluding carboxylic acids is 3. The van der Waals surface area contributed by atoms with Gasteiger partial charge in [-0.3, -0.25) is 14.4 Å². The van der Waals surface area contributed by atoms with Gasteiger partial charge < -0.3 is 14.2 Å². The van der Waals surface area contributed by atoms with Crippen LogP contribution in [0.2, 0.25) is 0 Å². The summed E-state index contributed by atoms with van der Waals surface area (Å²) in [4.78, 5) is 38.2. The van der Waals surface area contributed by atoms with E-state index in [1.807, 2.05) is 0 Å². The maximum absolute atomic E-state index is 12.9. The number of hydrogen-bond donors (Lipinski definition) is 0. The van der Waals surface area contributed by atoms with Gasteiger partial charge in [-0.2, -0.15) is 0 Å². The SMILES string of the molecule is CCCCCCCC/C=C\C/C=C\C/C=C\CCCC(=O)OC(COC(=O)CCCCCCC/C=C\CCCCCCCCCCC)COC(=O)CCCCCCCCC/C=C\CCCCCCCC. The average Bonchev–Trinajstić information content (AvgIpc) is 3.36. The van der Waals surface area contributed by atoms with E-state index in [2.05, 4.69) is 81.5 Å². The molecule has 0 aliphatic rings. The van der Waals surface area contributed by atoms with Gasteiger partial charge in [-0.15, -0.1) is 0 Å². The third-order valence-electron chi connectivity index (χ3n) is 13.2. The molecule has 0 bridgehead atoms. The van der Waals surface area contributed by atoms with Gasteiger partial charge in [0.1, 0.15) is 13.2 Å². The summed E-state index contributed by atoms with van der Waals surface area (Å²) in [5.74, 6) is -0.950. The van der Waals surface area contributed by atoms with Crippen molar-refractivity contribution < 1.29 is 28.6 Å². The molecule has 0 aromatic heterocycles. The van der Waals surface area contributed by atoms with E-state index in [0.717, 1.165) is 64.2 Å². The van der Waals surface area contributed by atoms with Gasteiger partial charge in [0.05, 0.1) is 0 Å². The van der Waals surface area contributed by atoms with Crippen LogP contribution in [0.5, 0.6) is 0 Å². The lowest BCUT2D eigenvalue weighted by molar-refractivity contribution is -0.167. The fourth-order valence-corrected chi connectivity index (χ4v) is 8.63. The lowest BCUT2D eigenvalue weighted by Crippen LogP contribution is -2.30. The van der Waals surface area contributed by atoms with Gasteiger partial charge in [0.2, 0.25) is 0 Å². The van der Waals surface area contributed by atoms with Crippen LogP contribution < -0.4 is 0 Å². The molecule has 0 heterocycles. The molecule has 0 saturated carbocycles. The number of hydrogen-bond acceptors (Lipinski definition) is 6. The van der Waals surface area contributed by atoms with Gasteiger partial charge in [0.15, 0.2) is 6.10 Å². The summed E-state index contributed by atoms with van der Waals surface area (Å²) in [6.45, 7) is 6.61. The fraction of sp³-hybridized carbons (Fsp3) is 0.797. The van der Waals surface area contributed by atoms with E-state index in [0.29, 0.717) is 19.3 Å². The van der Waals surface area contributed by atoms with Crippen molar-refractivity contribution in [2.75, 3.05) is 13.2 Å². The van der Waals surface area contributed by atoms with Crippen molar-refractivity contribution in [1.29, 1.82) is 0 Å². The monoisotopic (exact) mass is 979 g/mol. The summed E-state index contributed by atoms with van der Waals surface area (Å²) in [7, 11) is 0. The third kappa shape index (κ3) is 56.0. The lowest BCUT2D eigenvalue weighted by Gasteiger charge is -2.18. The van der Waals surface area contributed by atoms with Crippen molar-refractivity contribution >= 4 is 17.9 Å². The minimum Gasteiger partial charge on any atom is -0.462 e. The van der Waals surface area contributed by atoms with Crippen molar-refractivity contribution in [1.82, 2.24) is 0 Å². The van der Waals surface area contributed by atoms with Crippen molar-refractivity contribution in [3.63, 3.8) is 0 Å². The lowest BCUT2D eigenvalue weighted by atomic mass is 10.1. The second kappa shape index (κ2) is 58.7. The molecule has 0 amide bonds. The highest BCUT2D eigenvalue weighted by atomic mass is 16.6. The largest absolute Gasteiger partial charge is 0.462 e. The quantitative estimate of drug-likeness (QED) is 0.0261. The molecule has 6 nitrogen and oxygen atoms in total. The summed E-state index contributed by atoms with van der Waals surface area (Å²) in [5.41, 5.74) is 0. The van der Waals surface area contributed by atoms with Gasteiger partial charge >= 0.3 is 17.9 Å². The Kier molecular flexibility index (Phi) is 56.3. The molecular weight excluding hydrogens is 865 g/mol. The van der Waals surface area contributed by atoms with Gasteiger partial charge in [0.25, 0.3) is 0 Å². The molecule has 0 fully saturated rings. The first kappa shape index (κ1) is 67.1. The molecule has 0 rings (SSSR count). The van der Waals surface area contributed by atoms with Crippen molar-refractivity contribution in [2.45, 2.75) is 316 Å². The second-order valence-corrected chi connectivity index (χ2v) is 20.2. The smallest absolute Gasteiger partial charge is 0.306 e. The van der Waals surface area contributed by atoms with E-state index in [4.69, 9.17) is 14.2 Å². The molecule has 1 atom stereocenters. The molecule has 406 valence electrons. The fourth-order valence-electron chi connectivity index (χ4n) is 8.63. The van der Waals surface area contributed by atoms with Gasteiger partial charge in [-0.05, 0) is 103 Å². The topological polar surface area (TPSA) is 78.9 Å². The van der Waals surface area contributed by atoms with Crippen LogP contribution in [-0.4, -0.2) is 37.2 Å². The molecule has 0 N–H and O–H groups in total. The Morgan fingerprint density at radius 3 is 0.857 bits per heavy atom. The molecule has 6 heteroatoms. The normalized spacial score (nSPS) is 12.4. The van der Waals surface area contributed by atoms with E-state index in [9.17, 15) is 14.4 Å². The molecule has 0 saturated heterocycles. The molecule has 70 heavy (non-hydrogen) atoms. The van der Waals surface area contributed by atoms with E-state index in [1.165, 1.54) is 199 Å². The van der Waals surface area contributed by atoms with Crippen LogP contribution in [0.15, 0.2) is 60.8 Å². The van der Waals surface area contributed by atoms with E-state index < -0.39 is 6.10 Å². The van der Waals surface area contributed by atoms with E-state index in [-0.39, 0.29) is 37.5 Å². The molecule has 0 radical (unpaired) electrons. The molecule has 0 aliphatic carbocycles. The van der Waals surface area contributed by atoms with Crippen LogP contribution in [0.1, 0.15) is 310 Å². The van der Waals surface area contributed by atoms with Crippen molar-refractivity contribution in [3.8, 4) is 0 Å². The van der Waals surface area contributed by atoms with Gasteiger partial charge in [-0.25, -0.2) is 0 Å². The Hall–Kier alpha value is -2.89. The van der Waals surface area contributed by atoms with E-state index >= 15 is 0 Å². The number of ether oxygens (including phenoxy) is 3. The molecule has 0 aromatic carbocycles. The molecule has 0 aromatic rings. The first-order valence-electron chi connectivity index (χ1n) is 30.3. The van der Waals surface area contributed by atoms with Crippen LogP contribution in [0.25, 0.3) is 0 Å². The highest BCUT2D eigenvalue weighted by Crippen LogP contribution is 2.15. The summed E-state index contributed by atoms with van der Waals surface area (Å²) in [6.07, 6.45) is 73.6. The summed E-state index contributed by atoms with van der Waals surface area (Å²) in [5, 5.41) is 0. The Morgan fingerprint density at radius 1 is 0.286 bits per heavy atom. The predicted molar refractivity (Wildman–Crippen MR) is 302 cm³/mol. The Balaban J connectivity index is 4.45. The van der Waals surface area contributed by atoms with Crippen LogP contribution in [0.4, 0.5) is 0 Å². The molecular formula is C64H114O6. The van der Waals surface area contributed by atoms with E-state index in [1.54, 1.807) is 0 Å². The number of allylic oxidation sites excluding steroid dienone is 10. The standard InChI is InChI=1S/C64H114O6/c1-4-7-10-13-16-19-22-25-28-31-34-36-39-42-45-48-51-54-57-63(66)69-60-61(70-64(67)58-55-52-49-46-43-40-37-33-30-27-24-21-18-15-12-9-6-3)59-68-62(65)56-53-50-47-44-41-38-35-32-29-26-23-20-17-14-11-8-5-2/h26-27,29-30,34,36-37,40,46,49,61H,4-25,28,31-33,35,38-39,41-45,47-48,50-60H2,1-3H3/b29-26-,30-27-,36-34-,40-37-,49-46-. The highest BCUT2D eigenvalue weighted by molar-refractivity contribution is 5.71. The summed E-state index contributed by atoms with van der Waals surface area (Å²) in [6, 6.07) is 0. The third-order valence-corrected chi connectivity index (χ3v) is 13.2. The zero-order valence-corrected chi connectivity index (χ0v) is 46.5. The minimum atomic E-state index is -0.806. The maximum atomic E-state index is 12.9. The summed E-state index contributed by atoms with van der Waals surface area (Å²) < 4.78 is 16.8. The number of unbranched alkanes of at least 4 members (excludes halogenated alkanes) is 34. The Morgan fingerprint density at radius 2 is 0.529 bits per heavy atom. The predicted octanol–water partition coefficient (Wildman–Crippen LogP) is 20.4. The number of rotatable bonds is 55. The van der Waals surface area contributed by atoms with Crippen LogP contribution in [0.3, 0.4) is 0 Å². The highest BCUT2D eigenvalue weighted by Gasteiger charge is 2.19. The first-order valence-corrected chi connectivity index (χ1v) is 30.3. The molecule has 1 unspecified atom stereocenters. The maximum Gasteiger partial charge on any atom is 0.306 e. The van der Waals surface area contributed by atoms with Crippen LogP contribution in [-0.2, 0) is 28.6 Å². The number of carbonyl (C=O) groups is 3. The zero-order valence-electron chi connectivity index (χ0n) is 46.5. The molecule has 0 aliphatic heterocycles. The second-order valence-electron chi connectivity index (χ2n) is 20.2. The van der Waals surface area contributed by atoms with Gasteiger partial charge in [-0.1, -0.05) is 248 Å². The first-order chi connectivity index (χ1) is 34.5.